The van der Waals surface area contributed by atoms with Gasteiger partial charge in [-0.15, -0.1) is 0 Å². The third-order valence-electron chi connectivity index (χ3n) is 7.24. The topological polar surface area (TPSA) is 67.2 Å². The Bertz CT molecular complexity index is 913. The summed E-state index contributed by atoms with van der Waals surface area (Å²) in [5.41, 5.74) is 3.10. The van der Waals surface area contributed by atoms with Crippen LogP contribution in [-0.2, 0) is 11.8 Å². The van der Waals surface area contributed by atoms with Gasteiger partial charge in [0.25, 0.3) is 0 Å². The number of hydrogen-bond acceptors (Lipinski definition) is 5. The molecule has 0 bridgehead atoms. The number of anilines is 1. The molecule has 1 unspecified atom stereocenters. The predicted octanol–water partition coefficient (Wildman–Crippen LogP) is 3.76. The Morgan fingerprint density at radius 3 is 2.61 bits per heavy atom. The van der Waals surface area contributed by atoms with E-state index in [1.165, 1.54) is 32.1 Å². The lowest BCUT2D eigenvalue weighted by Crippen LogP contribution is -2.43. The van der Waals surface area contributed by atoms with Crippen LogP contribution in [0.2, 0.25) is 0 Å². The molecule has 166 valence electrons. The molecule has 4 heterocycles. The molecule has 7 nitrogen and oxygen atoms in total. The van der Waals surface area contributed by atoms with E-state index in [9.17, 15) is 4.79 Å². The van der Waals surface area contributed by atoms with Crippen molar-refractivity contribution in [3.05, 3.63) is 24.2 Å². The largest absolute Gasteiger partial charge is 0.342 e. The summed E-state index contributed by atoms with van der Waals surface area (Å²) < 4.78 is 1.89. The van der Waals surface area contributed by atoms with E-state index in [2.05, 4.69) is 21.0 Å². The average Bonchev–Trinajstić information content (AvgIpc) is 3.49. The van der Waals surface area contributed by atoms with Crippen molar-refractivity contribution in [3.8, 4) is 11.3 Å². The molecule has 1 amide bonds. The maximum absolute atomic E-state index is 13.2. The first-order valence-electron chi connectivity index (χ1n) is 12.1. The molecule has 3 fully saturated rings. The fraction of sp³-hybridized carbons (Fsp3) is 0.667. The Kier molecular flexibility index (Phi) is 5.92. The van der Waals surface area contributed by atoms with E-state index in [-0.39, 0.29) is 11.8 Å². The lowest BCUT2D eigenvalue weighted by molar-refractivity contribution is -0.137. The van der Waals surface area contributed by atoms with Crippen molar-refractivity contribution in [1.82, 2.24) is 24.6 Å². The molecule has 5 rings (SSSR count). The van der Waals surface area contributed by atoms with Gasteiger partial charge in [-0.05, 0) is 44.6 Å². The minimum Gasteiger partial charge on any atom is -0.342 e. The van der Waals surface area contributed by atoms with Gasteiger partial charge < -0.3 is 9.80 Å². The summed E-state index contributed by atoms with van der Waals surface area (Å²) >= 11 is 0. The molecular weight excluding hydrogens is 388 g/mol. The lowest BCUT2D eigenvalue weighted by Gasteiger charge is -2.35. The molecule has 3 aliphatic rings. The van der Waals surface area contributed by atoms with Crippen molar-refractivity contribution in [2.45, 2.75) is 63.7 Å². The summed E-state index contributed by atoms with van der Waals surface area (Å²) in [5, 5.41) is 4.85. The monoisotopic (exact) mass is 422 g/mol. The number of nitrogens with zero attached hydrogens (tertiary/aromatic N) is 6. The number of aryl methyl sites for hydroxylation is 1. The quantitative estimate of drug-likeness (QED) is 0.750. The Morgan fingerprint density at radius 1 is 1.00 bits per heavy atom. The molecule has 2 aliphatic heterocycles. The molecule has 2 saturated heterocycles. The van der Waals surface area contributed by atoms with Crippen molar-refractivity contribution in [1.29, 1.82) is 0 Å². The van der Waals surface area contributed by atoms with Crippen molar-refractivity contribution < 1.29 is 4.79 Å². The summed E-state index contributed by atoms with van der Waals surface area (Å²) in [6, 6.07) is 1.99. The van der Waals surface area contributed by atoms with Crippen LogP contribution >= 0.6 is 0 Å². The van der Waals surface area contributed by atoms with Gasteiger partial charge in [-0.1, -0.05) is 19.3 Å². The number of amides is 1. The number of likely N-dealkylation sites (tertiary alicyclic amines) is 1. The first kappa shape index (κ1) is 20.5. The number of carbonyl (C=O) groups is 1. The van der Waals surface area contributed by atoms with Gasteiger partial charge in [0.1, 0.15) is 0 Å². The normalized spacial score (nSPS) is 22.8. The van der Waals surface area contributed by atoms with Crippen LogP contribution in [0.5, 0.6) is 0 Å². The van der Waals surface area contributed by atoms with Crippen molar-refractivity contribution in [3.63, 3.8) is 0 Å². The second-order valence-electron chi connectivity index (χ2n) is 9.50. The minimum absolute atomic E-state index is 0.237. The van der Waals surface area contributed by atoms with E-state index < -0.39 is 0 Å². The van der Waals surface area contributed by atoms with E-state index >= 15 is 0 Å². The highest BCUT2D eigenvalue weighted by Crippen LogP contribution is 2.35. The highest BCUT2D eigenvalue weighted by atomic mass is 16.2. The van der Waals surface area contributed by atoms with Crippen LogP contribution in [0.1, 0.15) is 69.4 Å². The molecule has 1 saturated carbocycles. The van der Waals surface area contributed by atoms with Crippen molar-refractivity contribution in [2.75, 3.05) is 31.1 Å². The molecule has 1 aliphatic carbocycles. The summed E-state index contributed by atoms with van der Waals surface area (Å²) in [6.07, 6.45) is 14.3. The van der Waals surface area contributed by atoms with Crippen LogP contribution in [0, 0.1) is 5.92 Å². The van der Waals surface area contributed by atoms with Gasteiger partial charge in [-0.3, -0.25) is 9.48 Å². The summed E-state index contributed by atoms with van der Waals surface area (Å²) in [5.74, 6) is 1.70. The first-order chi connectivity index (χ1) is 15.2. The second-order valence-corrected chi connectivity index (χ2v) is 9.50. The highest BCUT2D eigenvalue weighted by Gasteiger charge is 2.32. The molecule has 0 N–H and O–H groups in total. The zero-order valence-electron chi connectivity index (χ0n) is 18.7. The van der Waals surface area contributed by atoms with Crippen LogP contribution in [0.3, 0.4) is 0 Å². The molecule has 7 heteroatoms. The molecular formula is C24H34N6O. The lowest BCUT2D eigenvalue weighted by atomic mass is 9.86. The highest BCUT2D eigenvalue weighted by molar-refractivity contribution is 5.79. The van der Waals surface area contributed by atoms with E-state index in [1.54, 1.807) is 0 Å². The number of piperidine rings is 1. The van der Waals surface area contributed by atoms with E-state index in [1.807, 2.05) is 24.0 Å². The Hall–Kier alpha value is -2.44. The smallest absolute Gasteiger partial charge is 0.225 e. The van der Waals surface area contributed by atoms with Gasteiger partial charge in [-0.2, -0.15) is 5.10 Å². The van der Waals surface area contributed by atoms with Gasteiger partial charge in [0, 0.05) is 63.0 Å². The number of rotatable bonds is 4. The average molecular weight is 423 g/mol. The van der Waals surface area contributed by atoms with Crippen LogP contribution in [0.25, 0.3) is 11.3 Å². The molecule has 1 atom stereocenters. The Labute approximate surface area is 184 Å². The van der Waals surface area contributed by atoms with Crippen molar-refractivity contribution in [2.24, 2.45) is 13.0 Å². The predicted molar refractivity (Wildman–Crippen MR) is 121 cm³/mol. The van der Waals surface area contributed by atoms with Gasteiger partial charge in [-0.25, -0.2) is 9.97 Å². The van der Waals surface area contributed by atoms with Gasteiger partial charge >= 0.3 is 0 Å². The molecule has 0 spiro atoms. The Balaban J connectivity index is 1.37. The third-order valence-corrected chi connectivity index (χ3v) is 7.24. The van der Waals surface area contributed by atoms with Crippen LogP contribution in [-0.4, -0.2) is 56.7 Å². The van der Waals surface area contributed by atoms with Crippen LogP contribution in [0.15, 0.2) is 18.5 Å². The molecule has 2 aromatic rings. The first-order valence-corrected chi connectivity index (χ1v) is 12.1. The van der Waals surface area contributed by atoms with Crippen LogP contribution < -0.4 is 4.90 Å². The zero-order valence-corrected chi connectivity index (χ0v) is 18.7. The maximum atomic E-state index is 13.2. The van der Waals surface area contributed by atoms with Crippen LogP contribution in [0.4, 0.5) is 5.95 Å². The minimum atomic E-state index is 0.237. The van der Waals surface area contributed by atoms with Gasteiger partial charge in [0.05, 0.1) is 11.4 Å². The standard InChI is InChI=1S/C24H34N6O/c1-28-17-20(21-11-12-25-24(26-21)29-13-5-6-14-29)22(27-28)19-10-7-15-30(16-19)23(31)18-8-3-2-4-9-18/h11-12,17-19H,2-10,13-16H2,1H3. The van der Waals surface area contributed by atoms with Crippen molar-refractivity contribution >= 4 is 11.9 Å². The second kappa shape index (κ2) is 8.97. The molecule has 31 heavy (non-hydrogen) atoms. The summed E-state index contributed by atoms with van der Waals surface area (Å²) in [4.78, 5) is 27.0. The Morgan fingerprint density at radius 2 is 1.81 bits per heavy atom. The molecule has 0 aromatic carbocycles. The van der Waals surface area contributed by atoms with E-state index in [4.69, 9.17) is 10.1 Å². The number of aromatic nitrogens is 4. The number of hydrogen-bond donors (Lipinski definition) is 0. The number of carbonyl (C=O) groups excluding carboxylic acids is 1. The van der Waals surface area contributed by atoms with E-state index in [0.717, 1.165) is 74.8 Å². The summed E-state index contributed by atoms with van der Waals surface area (Å²) in [7, 11) is 1.98. The third kappa shape index (κ3) is 4.32. The summed E-state index contributed by atoms with van der Waals surface area (Å²) in [6.45, 7) is 3.73. The fourth-order valence-electron chi connectivity index (χ4n) is 5.58. The SMILES string of the molecule is Cn1cc(-c2ccnc(N3CCCC3)n2)c(C2CCCN(C(=O)C3CCCCC3)C2)n1. The molecule has 2 aromatic heterocycles. The molecule has 0 radical (unpaired) electrons. The zero-order chi connectivity index (χ0) is 21.2. The van der Waals surface area contributed by atoms with Gasteiger partial charge in [0.15, 0.2) is 0 Å². The maximum Gasteiger partial charge on any atom is 0.225 e. The van der Waals surface area contributed by atoms with E-state index in [0.29, 0.717) is 5.91 Å². The fourth-order valence-corrected chi connectivity index (χ4v) is 5.58. The van der Waals surface area contributed by atoms with Gasteiger partial charge in [0.2, 0.25) is 11.9 Å².